The normalized spacial score (nSPS) is 15.7. The van der Waals surface area contributed by atoms with E-state index in [9.17, 15) is 9.59 Å². The van der Waals surface area contributed by atoms with Crippen LogP contribution in [0.4, 0.5) is 5.82 Å². The Labute approximate surface area is 183 Å². The van der Waals surface area contributed by atoms with Gasteiger partial charge in [0, 0.05) is 49.7 Å². The summed E-state index contributed by atoms with van der Waals surface area (Å²) in [5.41, 5.74) is 8.34. The number of nitrogen functional groups attached to an aromatic ring is 1. The van der Waals surface area contributed by atoms with E-state index in [0.717, 1.165) is 24.1 Å². The average Bonchev–Trinajstić information content (AvgIpc) is 2.74. The van der Waals surface area contributed by atoms with E-state index in [-0.39, 0.29) is 29.5 Å². The Hall–Kier alpha value is -2.60. The summed E-state index contributed by atoms with van der Waals surface area (Å²) in [5, 5.41) is 0.704. The third-order valence-corrected chi connectivity index (χ3v) is 6.08. The van der Waals surface area contributed by atoms with E-state index < -0.39 is 0 Å². The maximum Gasteiger partial charge on any atom is 0.257 e. The van der Waals surface area contributed by atoms with Gasteiger partial charge in [0.1, 0.15) is 5.82 Å². The number of carbonyl (C=O) groups is 2. The molecule has 160 valence electrons. The number of hydrogen-bond acceptors (Lipinski definition) is 4. The Balaban J connectivity index is 1.59. The molecule has 1 aliphatic rings. The lowest BCUT2D eigenvalue weighted by molar-refractivity contribution is -0.136. The first-order valence-electron chi connectivity index (χ1n) is 10.3. The fraction of sp³-hybridized carbons (Fsp3) is 0.435. The molecule has 1 aromatic heterocycles. The van der Waals surface area contributed by atoms with Crippen LogP contribution >= 0.6 is 11.6 Å². The summed E-state index contributed by atoms with van der Waals surface area (Å²) in [7, 11) is 3.38. The number of nitrogens with zero attached hydrogens (tertiary/aromatic N) is 3. The van der Waals surface area contributed by atoms with Gasteiger partial charge in [-0.2, -0.15) is 0 Å². The quantitative estimate of drug-likeness (QED) is 0.788. The monoisotopic (exact) mass is 428 g/mol. The summed E-state index contributed by atoms with van der Waals surface area (Å²) in [6.07, 6.45) is 2.30. The molecular weight excluding hydrogens is 400 g/mol. The van der Waals surface area contributed by atoms with Gasteiger partial charge in [-0.3, -0.25) is 9.59 Å². The van der Waals surface area contributed by atoms with Crippen LogP contribution in [-0.2, 0) is 11.2 Å². The third kappa shape index (κ3) is 4.93. The second-order valence-corrected chi connectivity index (χ2v) is 8.57. The van der Waals surface area contributed by atoms with Crippen LogP contribution in [0.5, 0.6) is 0 Å². The molecule has 1 aliphatic heterocycles. The van der Waals surface area contributed by atoms with Gasteiger partial charge in [-0.25, -0.2) is 4.98 Å². The lowest BCUT2D eigenvalue weighted by Crippen LogP contribution is -2.41. The zero-order valence-electron chi connectivity index (χ0n) is 17.8. The van der Waals surface area contributed by atoms with Crippen LogP contribution in [0.1, 0.15) is 47.3 Å². The Morgan fingerprint density at radius 2 is 1.87 bits per heavy atom. The molecule has 0 saturated carbocycles. The highest BCUT2D eigenvalue weighted by Gasteiger charge is 2.28. The van der Waals surface area contributed by atoms with Gasteiger partial charge in [-0.15, -0.1) is 0 Å². The molecule has 1 atom stereocenters. The van der Waals surface area contributed by atoms with Crippen LogP contribution in [0.3, 0.4) is 0 Å². The van der Waals surface area contributed by atoms with Crippen molar-refractivity contribution >= 4 is 29.2 Å². The fourth-order valence-electron chi connectivity index (χ4n) is 3.93. The predicted octanol–water partition coefficient (Wildman–Crippen LogP) is 3.60. The molecule has 2 aromatic rings. The van der Waals surface area contributed by atoms with Crippen LogP contribution in [0, 0.1) is 5.92 Å². The first-order chi connectivity index (χ1) is 14.3. The fourth-order valence-corrected chi connectivity index (χ4v) is 4.14. The van der Waals surface area contributed by atoms with Gasteiger partial charge in [0.25, 0.3) is 5.91 Å². The molecule has 2 heterocycles. The summed E-state index contributed by atoms with van der Waals surface area (Å²) < 4.78 is 0. The second-order valence-electron chi connectivity index (χ2n) is 8.16. The van der Waals surface area contributed by atoms with Crippen molar-refractivity contribution in [3.05, 3.63) is 58.2 Å². The first-order valence-corrected chi connectivity index (χ1v) is 10.7. The number of hydrogen-bond donors (Lipinski definition) is 1. The minimum absolute atomic E-state index is 0.119. The molecule has 2 N–H and O–H groups in total. The standard InChI is InChI=1S/C23H29ClN4O2/c1-15(14-17-6-4-5-7-19(17)24)22(29)28-12-10-16(11-13-28)20-9-8-18(21(25)26-20)23(30)27(2)3/h4-9,15-16H,10-14H2,1-3H3,(H2,25,26)/t15-/m0/s1. The minimum atomic E-state index is -0.153. The SMILES string of the molecule is C[C@@H](Cc1ccccc1Cl)C(=O)N1CCC(c2ccc(C(=O)N(C)C)c(N)n2)CC1. The molecule has 1 fully saturated rings. The van der Waals surface area contributed by atoms with Gasteiger partial charge in [-0.1, -0.05) is 36.7 Å². The van der Waals surface area contributed by atoms with E-state index in [1.807, 2.05) is 42.2 Å². The van der Waals surface area contributed by atoms with E-state index in [4.69, 9.17) is 17.3 Å². The number of aromatic nitrogens is 1. The molecule has 0 aliphatic carbocycles. The molecule has 0 radical (unpaired) electrons. The zero-order valence-corrected chi connectivity index (χ0v) is 18.5. The van der Waals surface area contributed by atoms with Crippen LogP contribution < -0.4 is 5.73 Å². The first kappa shape index (κ1) is 22.1. The number of amides is 2. The molecular formula is C23H29ClN4O2. The van der Waals surface area contributed by atoms with E-state index in [2.05, 4.69) is 4.98 Å². The maximum absolute atomic E-state index is 12.9. The number of rotatable bonds is 5. The Bertz CT molecular complexity index is 923. The van der Waals surface area contributed by atoms with Gasteiger partial charge in [0.15, 0.2) is 0 Å². The Kier molecular flexibility index (Phi) is 6.98. The van der Waals surface area contributed by atoms with Crippen molar-refractivity contribution in [1.29, 1.82) is 0 Å². The molecule has 0 unspecified atom stereocenters. The molecule has 0 bridgehead atoms. The summed E-state index contributed by atoms with van der Waals surface area (Å²) in [6.45, 7) is 3.34. The van der Waals surface area contributed by atoms with Crippen molar-refractivity contribution in [2.75, 3.05) is 32.9 Å². The van der Waals surface area contributed by atoms with Crippen molar-refractivity contribution < 1.29 is 9.59 Å². The summed E-state index contributed by atoms with van der Waals surface area (Å²) >= 11 is 6.24. The highest BCUT2D eigenvalue weighted by molar-refractivity contribution is 6.31. The van der Waals surface area contributed by atoms with Crippen LogP contribution in [-0.4, -0.2) is 53.8 Å². The second kappa shape index (κ2) is 9.47. The number of anilines is 1. The lowest BCUT2D eigenvalue weighted by Gasteiger charge is -2.33. The topological polar surface area (TPSA) is 79.5 Å². The van der Waals surface area contributed by atoms with Crippen molar-refractivity contribution in [2.24, 2.45) is 5.92 Å². The van der Waals surface area contributed by atoms with Crippen molar-refractivity contribution in [3.8, 4) is 0 Å². The van der Waals surface area contributed by atoms with Gasteiger partial charge in [0.2, 0.25) is 5.91 Å². The highest BCUT2D eigenvalue weighted by Crippen LogP contribution is 2.29. The van der Waals surface area contributed by atoms with E-state index >= 15 is 0 Å². The van der Waals surface area contributed by atoms with E-state index in [0.29, 0.717) is 30.1 Å². The number of halogens is 1. The Morgan fingerprint density at radius 1 is 1.20 bits per heavy atom. The van der Waals surface area contributed by atoms with E-state index in [1.54, 1.807) is 20.2 Å². The van der Waals surface area contributed by atoms with Gasteiger partial charge in [0.05, 0.1) is 5.56 Å². The van der Waals surface area contributed by atoms with Crippen LogP contribution in [0.25, 0.3) is 0 Å². The molecule has 7 heteroatoms. The molecule has 0 spiro atoms. The maximum atomic E-state index is 12.9. The highest BCUT2D eigenvalue weighted by atomic mass is 35.5. The summed E-state index contributed by atoms with van der Waals surface area (Å²) in [4.78, 5) is 32.9. The molecule has 2 amide bonds. The third-order valence-electron chi connectivity index (χ3n) is 5.71. The van der Waals surface area contributed by atoms with Crippen molar-refractivity contribution in [2.45, 2.75) is 32.1 Å². The number of piperidine rings is 1. The molecule has 1 saturated heterocycles. The van der Waals surface area contributed by atoms with Crippen molar-refractivity contribution in [1.82, 2.24) is 14.8 Å². The lowest BCUT2D eigenvalue weighted by atomic mass is 9.91. The van der Waals surface area contributed by atoms with Gasteiger partial charge < -0.3 is 15.5 Å². The molecule has 30 heavy (non-hydrogen) atoms. The molecule has 1 aromatic carbocycles. The molecule has 6 nitrogen and oxygen atoms in total. The summed E-state index contributed by atoms with van der Waals surface area (Å²) in [5.74, 6) is 0.385. The van der Waals surface area contributed by atoms with Crippen molar-refractivity contribution in [3.63, 3.8) is 0 Å². The number of carbonyl (C=O) groups excluding carboxylic acids is 2. The summed E-state index contributed by atoms with van der Waals surface area (Å²) in [6, 6.07) is 11.3. The smallest absolute Gasteiger partial charge is 0.257 e. The van der Waals surface area contributed by atoms with Crippen LogP contribution in [0.2, 0.25) is 5.02 Å². The molecule has 3 rings (SSSR count). The largest absolute Gasteiger partial charge is 0.383 e. The van der Waals surface area contributed by atoms with Crippen LogP contribution in [0.15, 0.2) is 36.4 Å². The number of nitrogens with two attached hydrogens (primary N) is 1. The number of pyridine rings is 1. The minimum Gasteiger partial charge on any atom is -0.383 e. The predicted molar refractivity (Wildman–Crippen MR) is 120 cm³/mol. The number of benzene rings is 1. The van der Waals surface area contributed by atoms with Gasteiger partial charge >= 0.3 is 0 Å². The Morgan fingerprint density at radius 3 is 2.47 bits per heavy atom. The van der Waals surface area contributed by atoms with E-state index in [1.165, 1.54) is 4.90 Å². The van der Waals surface area contributed by atoms with Gasteiger partial charge in [-0.05, 0) is 43.0 Å². The zero-order chi connectivity index (χ0) is 21.8. The number of likely N-dealkylation sites (tertiary alicyclic amines) is 1. The average molecular weight is 429 g/mol.